The fourth-order valence-electron chi connectivity index (χ4n) is 2.82. The highest BCUT2D eigenvalue weighted by Crippen LogP contribution is 2.31. The van der Waals surface area contributed by atoms with Gasteiger partial charge in [0.25, 0.3) is 0 Å². The van der Waals surface area contributed by atoms with Crippen molar-refractivity contribution in [3.05, 3.63) is 36.2 Å². The number of hydrogen-bond acceptors (Lipinski definition) is 3. The number of sulfonamides is 1. The van der Waals surface area contributed by atoms with Gasteiger partial charge in [0.05, 0.1) is 11.5 Å². The van der Waals surface area contributed by atoms with E-state index in [1.807, 2.05) is 12.2 Å². The van der Waals surface area contributed by atoms with E-state index in [-0.39, 0.29) is 10.6 Å². The lowest BCUT2D eigenvalue weighted by Crippen LogP contribution is -2.41. The highest BCUT2D eigenvalue weighted by molar-refractivity contribution is 7.89. The van der Waals surface area contributed by atoms with Crippen molar-refractivity contribution in [2.45, 2.75) is 77.2 Å². The Hall–Kier alpha value is -1.40. The molecule has 0 heterocycles. The molecule has 158 valence electrons. The third kappa shape index (κ3) is 7.92. The van der Waals surface area contributed by atoms with E-state index in [9.17, 15) is 12.8 Å². The van der Waals surface area contributed by atoms with Crippen LogP contribution in [0.15, 0.2) is 35.2 Å². The van der Waals surface area contributed by atoms with Crippen LogP contribution in [-0.2, 0) is 10.0 Å². The minimum atomic E-state index is -3.79. The summed E-state index contributed by atoms with van der Waals surface area (Å²) in [4.78, 5) is 0.00824. The SMILES string of the molecule is CC(C)(C)CCC/C=C/C(C)(C)NS(=O)(=O)c1ccc(F)c(OCC2CC2)c1. The number of benzene rings is 1. The summed E-state index contributed by atoms with van der Waals surface area (Å²) in [5.74, 6) is -0.0944. The Labute approximate surface area is 169 Å². The fraction of sp³-hybridized carbons (Fsp3) is 0.636. The number of rotatable bonds is 10. The van der Waals surface area contributed by atoms with Crippen molar-refractivity contribution in [3.8, 4) is 5.75 Å². The summed E-state index contributed by atoms with van der Waals surface area (Å²) < 4.78 is 47.6. The summed E-state index contributed by atoms with van der Waals surface area (Å²) in [6, 6.07) is 3.68. The maximum Gasteiger partial charge on any atom is 0.241 e. The lowest BCUT2D eigenvalue weighted by Gasteiger charge is -2.22. The summed E-state index contributed by atoms with van der Waals surface area (Å²) in [5.41, 5.74) is -0.448. The molecular formula is C22H34FNO3S. The molecule has 1 N–H and O–H groups in total. The molecule has 1 aromatic rings. The summed E-state index contributed by atoms with van der Waals surface area (Å²) in [7, 11) is -3.79. The molecule has 6 heteroatoms. The van der Waals surface area contributed by atoms with Crippen LogP contribution < -0.4 is 9.46 Å². The molecular weight excluding hydrogens is 377 g/mol. The lowest BCUT2D eigenvalue weighted by atomic mass is 9.90. The fourth-order valence-corrected chi connectivity index (χ4v) is 4.21. The van der Waals surface area contributed by atoms with E-state index in [4.69, 9.17) is 4.74 Å². The molecule has 0 bridgehead atoms. The zero-order chi connectivity index (χ0) is 21.0. The van der Waals surface area contributed by atoms with Gasteiger partial charge in [-0.2, -0.15) is 0 Å². The summed E-state index contributed by atoms with van der Waals surface area (Å²) in [6.45, 7) is 10.7. The van der Waals surface area contributed by atoms with Crippen molar-refractivity contribution in [1.82, 2.24) is 4.72 Å². The molecule has 1 aromatic carbocycles. The van der Waals surface area contributed by atoms with Crippen LogP contribution in [0.5, 0.6) is 5.75 Å². The van der Waals surface area contributed by atoms with Gasteiger partial charge < -0.3 is 4.74 Å². The third-order valence-electron chi connectivity index (χ3n) is 4.61. The van der Waals surface area contributed by atoms with E-state index >= 15 is 0 Å². The highest BCUT2D eigenvalue weighted by atomic mass is 32.2. The smallest absolute Gasteiger partial charge is 0.241 e. The van der Waals surface area contributed by atoms with Gasteiger partial charge in [-0.25, -0.2) is 17.5 Å². The molecule has 0 atom stereocenters. The van der Waals surface area contributed by atoms with Crippen LogP contribution in [0.25, 0.3) is 0 Å². The van der Waals surface area contributed by atoms with Crippen LogP contribution in [-0.4, -0.2) is 20.6 Å². The van der Waals surface area contributed by atoms with Crippen LogP contribution in [0.3, 0.4) is 0 Å². The molecule has 1 aliphatic carbocycles. The lowest BCUT2D eigenvalue weighted by molar-refractivity contribution is 0.284. The second kappa shape index (κ2) is 8.95. The van der Waals surface area contributed by atoms with Gasteiger partial charge in [-0.15, -0.1) is 0 Å². The van der Waals surface area contributed by atoms with Crippen LogP contribution in [0.2, 0.25) is 0 Å². The molecule has 0 saturated heterocycles. The van der Waals surface area contributed by atoms with E-state index in [0.29, 0.717) is 17.9 Å². The average molecular weight is 412 g/mol. The van der Waals surface area contributed by atoms with Crippen molar-refractivity contribution < 1.29 is 17.5 Å². The molecule has 0 radical (unpaired) electrons. The number of nitrogens with one attached hydrogen (secondary N) is 1. The van der Waals surface area contributed by atoms with Crippen molar-refractivity contribution in [2.24, 2.45) is 11.3 Å². The van der Waals surface area contributed by atoms with Gasteiger partial charge in [0.1, 0.15) is 0 Å². The number of ether oxygens (including phenoxy) is 1. The molecule has 1 saturated carbocycles. The molecule has 0 amide bonds. The first-order valence-corrected chi connectivity index (χ1v) is 11.5. The van der Waals surface area contributed by atoms with E-state index in [2.05, 4.69) is 25.5 Å². The molecule has 28 heavy (non-hydrogen) atoms. The van der Waals surface area contributed by atoms with Crippen LogP contribution in [0.1, 0.15) is 66.7 Å². The minimum Gasteiger partial charge on any atom is -0.490 e. The molecule has 1 fully saturated rings. The predicted octanol–water partition coefficient (Wildman–Crippen LogP) is 5.44. The van der Waals surface area contributed by atoms with Crippen LogP contribution >= 0.6 is 0 Å². The quantitative estimate of drug-likeness (QED) is 0.412. The largest absolute Gasteiger partial charge is 0.490 e. The first-order chi connectivity index (χ1) is 12.9. The summed E-state index contributed by atoms with van der Waals surface area (Å²) in [6.07, 6.45) is 9.13. The van der Waals surface area contributed by atoms with E-state index in [1.54, 1.807) is 13.8 Å². The number of allylic oxidation sites excluding steroid dienone is 1. The Balaban J connectivity index is 1.99. The van der Waals surface area contributed by atoms with Crippen molar-refractivity contribution in [1.29, 1.82) is 0 Å². The van der Waals surface area contributed by atoms with Gasteiger partial charge in [0.2, 0.25) is 10.0 Å². The Kier molecular flexibility index (Phi) is 7.32. The zero-order valence-corrected chi connectivity index (χ0v) is 18.5. The van der Waals surface area contributed by atoms with Crippen molar-refractivity contribution in [2.75, 3.05) is 6.61 Å². The predicted molar refractivity (Wildman–Crippen MR) is 111 cm³/mol. The Morgan fingerprint density at radius 2 is 1.89 bits per heavy atom. The maximum atomic E-state index is 13.9. The van der Waals surface area contributed by atoms with Gasteiger partial charge in [-0.3, -0.25) is 0 Å². The zero-order valence-electron chi connectivity index (χ0n) is 17.7. The molecule has 0 aliphatic heterocycles. The Morgan fingerprint density at radius 1 is 1.21 bits per heavy atom. The standard InChI is InChI=1S/C22H34FNO3S/c1-21(2,3)13-7-6-8-14-22(4,5)24-28(25,26)18-11-12-19(23)20(15-18)27-16-17-9-10-17/h8,11-12,14-15,17,24H,6-7,9-10,13,16H2,1-5H3/b14-8+. The van der Waals surface area contributed by atoms with E-state index < -0.39 is 21.4 Å². The molecule has 2 rings (SSSR count). The third-order valence-corrected chi connectivity index (χ3v) is 6.28. The summed E-state index contributed by atoms with van der Waals surface area (Å²) in [5, 5.41) is 0. The minimum absolute atomic E-state index is 0.00824. The maximum absolute atomic E-state index is 13.9. The molecule has 1 aliphatic rings. The average Bonchev–Trinajstić information content (AvgIpc) is 3.35. The monoisotopic (exact) mass is 411 g/mol. The van der Waals surface area contributed by atoms with E-state index in [0.717, 1.165) is 38.2 Å². The number of unbranched alkanes of at least 4 members (excludes halogenated alkanes) is 1. The topological polar surface area (TPSA) is 55.4 Å². The normalized spacial score (nSPS) is 15.9. The Morgan fingerprint density at radius 3 is 2.50 bits per heavy atom. The van der Waals surface area contributed by atoms with Gasteiger partial charge in [-0.1, -0.05) is 32.9 Å². The Bertz CT molecular complexity index is 790. The first kappa shape index (κ1) is 22.9. The van der Waals surface area contributed by atoms with Crippen molar-refractivity contribution in [3.63, 3.8) is 0 Å². The molecule has 0 unspecified atom stereocenters. The highest BCUT2D eigenvalue weighted by Gasteiger charge is 2.26. The van der Waals surface area contributed by atoms with Gasteiger partial charge >= 0.3 is 0 Å². The van der Waals surface area contributed by atoms with Crippen LogP contribution in [0, 0.1) is 17.2 Å². The second-order valence-electron chi connectivity index (χ2n) is 9.53. The van der Waals surface area contributed by atoms with E-state index in [1.165, 1.54) is 12.1 Å². The number of halogens is 1. The van der Waals surface area contributed by atoms with Crippen LogP contribution in [0.4, 0.5) is 4.39 Å². The molecule has 0 spiro atoms. The summed E-state index contributed by atoms with van der Waals surface area (Å²) >= 11 is 0. The van der Waals surface area contributed by atoms with Crippen molar-refractivity contribution >= 4 is 10.0 Å². The molecule has 4 nitrogen and oxygen atoms in total. The van der Waals surface area contributed by atoms with Gasteiger partial charge in [0, 0.05) is 11.6 Å². The molecule has 0 aromatic heterocycles. The van der Waals surface area contributed by atoms with Gasteiger partial charge in [0.15, 0.2) is 11.6 Å². The second-order valence-corrected chi connectivity index (χ2v) is 11.2. The van der Waals surface area contributed by atoms with Gasteiger partial charge in [-0.05, 0) is 69.4 Å². The number of hydrogen-bond donors (Lipinski definition) is 1. The first-order valence-electron chi connectivity index (χ1n) is 10.0.